The first-order valence-corrected chi connectivity index (χ1v) is 6.07. The summed E-state index contributed by atoms with van der Waals surface area (Å²) in [6, 6.07) is 12.1. The predicted molar refractivity (Wildman–Crippen MR) is 73.4 cm³/mol. The molecule has 2 nitrogen and oxygen atoms in total. The highest BCUT2D eigenvalue weighted by molar-refractivity contribution is 6.31. The van der Waals surface area contributed by atoms with Gasteiger partial charge in [-0.05, 0) is 35.4 Å². The zero-order valence-corrected chi connectivity index (χ0v) is 11.1. The van der Waals surface area contributed by atoms with Crippen molar-refractivity contribution in [3.05, 3.63) is 58.6 Å². The van der Waals surface area contributed by atoms with Gasteiger partial charge in [-0.2, -0.15) is 0 Å². The van der Waals surface area contributed by atoms with Crippen LogP contribution in [-0.2, 0) is 5.41 Å². The minimum Gasteiger partial charge on any atom is -0.508 e. The average Bonchev–Trinajstić information content (AvgIpc) is 2.29. The van der Waals surface area contributed by atoms with Crippen LogP contribution < -0.4 is 0 Å². The highest BCUT2D eigenvalue weighted by atomic mass is 35.5. The molecule has 18 heavy (non-hydrogen) atoms. The van der Waals surface area contributed by atoms with Crippen LogP contribution >= 0.6 is 11.6 Å². The molecule has 2 rings (SSSR count). The predicted octanol–water partition coefficient (Wildman–Crippen LogP) is 4.08. The second-order valence-electron chi connectivity index (χ2n) is 4.84. The van der Waals surface area contributed by atoms with Crippen molar-refractivity contribution < 1.29 is 10.2 Å². The highest BCUT2D eigenvalue weighted by Gasteiger charge is 2.25. The van der Waals surface area contributed by atoms with Crippen LogP contribution in [0.4, 0.5) is 0 Å². The lowest BCUT2D eigenvalue weighted by molar-refractivity contribution is 0.474. The van der Waals surface area contributed by atoms with Gasteiger partial charge in [0.1, 0.15) is 11.5 Å². The number of hydrogen-bond acceptors (Lipinski definition) is 2. The number of halogens is 1. The van der Waals surface area contributed by atoms with Crippen LogP contribution in [0.5, 0.6) is 11.5 Å². The summed E-state index contributed by atoms with van der Waals surface area (Å²) in [6.07, 6.45) is 0. The van der Waals surface area contributed by atoms with Gasteiger partial charge in [0.15, 0.2) is 0 Å². The Morgan fingerprint density at radius 3 is 2.00 bits per heavy atom. The molecule has 0 unspecified atom stereocenters. The van der Waals surface area contributed by atoms with Crippen molar-refractivity contribution in [1.82, 2.24) is 0 Å². The van der Waals surface area contributed by atoms with E-state index < -0.39 is 0 Å². The number of phenols is 2. The van der Waals surface area contributed by atoms with Gasteiger partial charge >= 0.3 is 0 Å². The summed E-state index contributed by atoms with van der Waals surface area (Å²) in [6.45, 7) is 4.11. The van der Waals surface area contributed by atoms with Crippen LogP contribution in [0.25, 0.3) is 0 Å². The topological polar surface area (TPSA) is 40.5 Å². The maximum atomic E-state index is 9.39. The van der Waals surface area contributed by atoms with E-state index in [1.165, 1.54) is 0 Å². The fourth-order valence-corrected chi connectivity index (χ4v) is 2.46. The van der Waals surface area contributed by atoms with Gasteiger partial charge < -0.3 is 10.2 Å². The molecule has 2 N–H and O–H groups in total. The third kappa shape index (κ3) is 2.29. The Labute approximate surface area is 111 Å². The Morgan fingerprint density at radius 1 is 0.889 bits per heavy atom. The van der Waals surface area contributed by atoms with Gasteiger partial charge in [-0.15, -0.1) is 0 Å². The molecule has 0 amide bonds. The SMILES string of the molecule is CC(C)(c1ccc(O)cc1)c1ccc(O)cc1Cl. The van der Waals surface area contributed by atoms with Crippen molar-refractivity contribution >= 4 is 11.6 Å². The third-order valence-electron chi connectivity index (χ3n) is 3.22. The lowest BCUT2D eigenvalue weighted by Crippen LogP contribution is -2.19. The van der Waals surface area contributed by atoms with Gasteiger partial charge in [0, 0.05) is 10.4 Å². The Kier molecular flexibility index (Phi) is 3.22. The van der Waals surface area contributed by atoms with E-state index in [-0.39, 0.29) is 16.9 Å². The normalized spacial score (nSPS) is 11.5. The molecular weight excluding hydrogens is 248 g/mol. The van der Waals surface area contributed by atoms with E-state index in [0.717, 1.165) is 11.1 Å². The maximum Gasteiger partial charge on any atom is 0.117 e. The van der Waals surface area contributed by atoms with Crippen molar-refractivity contribution in [3.63, 3.8) is 0 Å². The zero-order chi connectivity index (χ0) is 13.3. The Bertz CT molecular complexity index is 559. The van der Waals surface area contributed by atoms with Crippen LogP contribution in [-0.4, -0.2) is 10.2 Å². The number of hydrogen-bond donors (Lipinski definition) is 2. The quantitative estimate of drug-likeness (QED) is 0.856. The first-order valence-electron chi connectivity index (χ1n) is 5.70. The summed E-state index contributed by atoms with van der Waals surface area (Å²) >= 11 is 6.19. The average molecular weight is 263 g/mol. The fraction of sp³-hybridized carbons (Fsp3) is 0.200. The molecule has 0 aliphatic rings. The van der Waals surface area contributed by atoms with Gasteiger partial charge in [-0.25, -0.2) is 0 Å². The van der Waals surface area contributed by atoms with E-state index in [1.54, 1.807) is 24.3 Å². The third-order valence-corrected chi connectivity index (χ3v) is 3.53. The number of aromatic hydroxyl groups is 2. The summed E-state index contributed by atoms with van der Waals surface area (Å²) < 4.78 is 0. The van der Waals surface area contributed by atoms with Crippen molar-refractivity contribution in [2.75, 3.05) is 0 Å². The monoisotopic (exact) mass is 262 g/mol. The van der Waals surface area contributed by atoms with Gasteiger partial charge in [-0.3, -0.25) is 0 Å². The summed E-state index contributed by atoms with van der Waals surface area (Å²) in [5.74, 6) is 0.400. The number of rotatable bonds is 2. The number of benzene rings is 2. The van der Waals surface area contributed by atoms with E-state index in [4.69, 9.17) is 11.6 Å². The summed E-state index contributed by atoms with van der Waals surface area (Å²) in [4.78, 5) is 0. The molecule has 0 saturated carbocycles. The lowest BCUT2D eigenvalue weighted by Gasteiger charge is -2.27. The fourth-order valence-electron chi connectivity index (χ4n) is 2.04. The second kappa shape index (κ2) is 4.54. The smallest absolute Gasteiger partial charge is 0.117 e. The van der Waals surface area contributed by atoms with Crippen molar-refractivity contribution in [2.24, 2.45) is 0 Å². The van der Waals surface area contributed by atoms with Crippen molar-refractivity contribution in [2.45, 2.75) is 19.3 Å². The van der Waals surface area contributed by atoms with Crippen molar-refractivity contribution in [3.8, 4) is 11.5 Å². The molecule has 3 heteroatoms. The summed E-state index contributed by atoms with van der Waals surface area (Å²) in [7, 11) is 0. The van der Waals surface area contributed by atoms with Crippen LogP contribution in [0.2, 0.25) is 5.02 Å². The largest absolute Gasteiger partial charge is 0.508 e. The van der Waals surface area contributed by atoms with Crippen LogP contribution in [0.1, 0.15) is 25.0 Å². The minimum absolute atomic E-state index is 0.158. The lowest BCUT2D eigenvalue weighted by atomic mass is 9.78. The molecule has 0 aliphatic heterocycles. The van der Waals surface area contributed by atoms with Crippen molar-refractivity contribution in [1.29, 1.82) is 0 Å². The van der Waals surface area contributed by atoms with Crippen LogP contribution in [0.15, 0.2) is 42.5 Å². The Morgan fingerprint density at radius 2 is 1.44 bits per heavy atom. The minimum atomic E-state index is -0.293. The molecule has 0 fully saturated rings. The van der Waals surface area contributed by atoms with Crippen LogP contribution in [0, 0.1) is 0 Å². The van der Waals surface area contributed by atoms with Gasteiger partial charge in [0.2, 0.25) is 0 Å². The Balaban J connectivity index is 2.50. The highest BCUT2D eigenvalue weighted by Crippen LogP contribution is 2.37. The molecule has 0 aliphatic carbocycles. The summed E-state index contributed by atoms with van der Waals surface area (Å²) in [5, 5.41) is 19.3. The zero-order valence-electron chi connectivity index (χ0n) is 10.3. The Hall–Kier alpha value is -1.67. The molecule has 0 atom stereocenters. The van der Waals surface area contributed by atoms with Gasteiger partial charge in [0.05, 0.1) is 0 Å². The molecule has 0 heterocycles. The molecule has 0 spiro atoms. The molecule has 94 valence electrons. The van der Waals surface area contributed by atoms with E-state index in [1.807, 2.05) is 18.2 Å². The molecule has 0 aromatic heterocycles. The summed E-state index contributed by atoms with van der Waals surface area (Å²) in [5.41, 5.74) is 1.69. The number of phenolic OH excluding ortho intramolecular Hbond substituents is 2. The maximum absolute atomic E-state index is 9.39. The molecular formula is C15H15ClO2. The van der Waals surface area contributed by atoms with E-state index >= 15 is 0 Å². The molecule has 0 saturated heterocycles. The first kappa shape index (κ1) is 12.8. The molecule has 2 aromatic carbocycles. The van der Waals surface area contributed by atoms with Crippen LogP contribution in [0.3, 0.4) is 0 Å². The molecule has 0 radical (unpaired) electrons. The first-order chi connectivity index (χ1) is 8.41. The van der Waals surface area contributed by atoms with E-state index in [9.17, 15) is 10.2 Å². The van der Waals surface area contributed by atoms with E-state index in [0.29, 0.717) is 5.02 Å². The van der Waals surface area contributed by atoms with Gasteiger partial charge in [-0.1, -0.05) is 43.6 Å². The van der Waals surface area contributed by atoms with E-state index in [2.05, 4.69) is 13.8 Å². The molecule has 0 bridgehead atoms. The molecule has 2 aromatic rings. The van der Waals surface area contributed by atoms with Gasteiger partial charge in [0.25, 0.3) is 0 Å². The standard InChI is InChI=1S/C15H15ClO2/c1-15(2,10-3-5-11(17)6-4-10)13-8-7-12(18)9-14(13)16/h3-9,17-18H,1-2H3. The second-order valence-corrected chi connectivity index (χ2v) is 5.24.